The number of aryl methyl sites for hydroxylation is 1. The lowest BCUT2D eigenvalue weighted by molar-refractivity contribution is 0.0944. The Morgan fingerprint density at radius 3 is 2.84 bits per heavy atom. The van der Waals surface area contributed by atoms with Gasteiger partial charge in [0.25, 0.3) is 5.91 Å². The van der Waals surface area contributed by atoms with Crippen molar-refractivity contribution in [3.63, 3.8) is 0 Å². The molecule has 1 saturated carbocycles. The first-order valence-corrected chi connectivity index (χ1v) is 7.84. The summed E-state index contributed by atoms with van der Waals surface area (Å²) in [4.78, 5) is 12.0. The number of benzene rings is 1. The lowest BCUT2D eigenvalue weighted by Crippen LogP contribution is -2.31. The van der Waals surface area contributed by atoms with Crippen molar-refractivity contribution in [2.45, 2.75) is 26.2 Å². The molecule has 2 nitrogen and oxygen atoms in total. The van der Waals surface area contributed by atoms with Crippen LogP contribution in [0.2, 0.25) is 0 Å². The van der Waals surface area contributed by atoms with Crippen LogP contribution in [0.25, 0.3) is 0 Å². The van der Waals surface area contributed by atoms with Crippen LogP contribution in [0.5, 0.6) is 0 Å². The summed E-state index contributed by atoms with van der Waals surface area (Å²) >= 11 is 3.53. The average molecular weight is 328 g/mol. The molecule has 0 bridgehead atoms. The molecular weight excluding hydrogens is 309 g/mol. The lowest BCUT2D eigenvalue weighted by atomic mass is 9.98. The smallest absolute Gasteiger partial charge is 0.251 e. The number of alkyl halides is 1. The summed E-state index contributed by atoms with van der Waals surface area (Å²) in [7, 11) is 0. The van der Waals surface area contributed by atoms with E-state index in [-0.39, 0.29) is 11.7 Å². The molecular formula is C15H19BrFNO. The van der Waals surface area contributed by atoms with Crippen molar-refractivity contribution < 1.29 is 9.18 Å². The number of amides is 1. The molecule has 1 aliphatic rings. The Labute approximate surface area is 121 Å². The quantitative estimate of drug-likeness (QED) is 0.840. The number of nitrogens with one attached hydrogen (secondary N) is 1. The Morgan fingerprint density at radius 2 is 2.16 bits per heavy atom. The van der Waals surface area contributed by atoms with Gasteiger partial charge in [-0.15, -0.1) is 0 Å². The van der Waals surface area contributed by atoms with Crippen LogP contribution in [-0.4, -0.2) is 17.8 Å². The van der Waals surface area contributed by atoms with Gasteiger partial charge in [-0.05, 0) is 55.4 Å². The predicted octanol–water partition coefficient (Wildman–Crippen LogP) is 3.68. The van der Waals surface area contributed by atoms with E-state index in [9.17, 15) is 9.18 Å². The van der Waals surface area contributed by atoms with Crippen molar-refractivity contribution in [3.8, 4) is 0 Å². The minimum Gasteiger partial charge on any atom is -0.352 e. The zero-order valence-electron chi connectivity index (χ0n) is 11.1. The molecule has 0 aliphatic heterocycles. The Kier molecular flexibility index (Phi) is 4.97. The van der Waals surface area contributed by atoms with Crippen molar-refractivity contribution in [1.82, 2.24) is 5.32 Å². The lowest BCUT2D eigenvalue weighted by Gasteiger charge is -2.17. The second-order valence-electron chi connectivity index (χ2n) is 5.28. The van der Waals surface area contributed by atoms with E-state index >= 15 is 0 Å². The van der Waals surface area contributed by atoms with E-state index in [4.69, 9.17) is 0 Å². The monoisotopic (exact) mass is 327 g/mol. The Hall–Kier alpha value is -0.900. The highest BCUT2D eigenvalue weighted by molar-refractivity contribution is 9.09. The Balaban J connectivity index is 1.92. The first-order valence-electron chi connectivity index (χ1n) is 6.72. The van der Waals surface area contributed by atoms with E-state index in [0.717, 1.165) is 5.33 Å². The minimum absolute atomic E-state index is 0.108. The van der Waals surface area contributed by atoms with Gasteiger partial charge in [-0.3, -0.25) is 4.79 Å². The van der Waals surface area contributed by atoms with E-state index in [1.807, 2.05) is 0 Å². The molecule has 4 heteroatoms. The van der Waals surface area contributed by atoms with Crippen LogP contribution >= 0.6 is 15.9 Å². The second kappa shape index (κ2) is 6.51. The Morgan fingerprint density at radius 1 is 1.42 bits per heavy atom. The molecule has 1 amide bonds. The van der Waals surface area contributed by atoms with Gasteiger partial charge in [-0.2, -0.15) is 0 Å². The maximum Gasteiger partial charge on any atom is 0.251 e. The van der Waals surface area contributed by atoms with Gasteiger partial charge in [0.15, 0.2) is 0 Å². The van der Waals surface area contributed by atoms with Gasteiger partial charge in [0.2, 0.25) is 0 Å². The largest absolute Gasteiger partial charge is 0.352 e. The zero-order chi connectivity index (χ0) is 13.8. The van der Waals surface area contributed by atoms with Gasteiger partial charge < -0.3 is 5.32 Å². The van der Waals surface area contributed by atoms with Crippen molar-refractivity contribution in [1.29, 1.82) is 0 Å². The molecule has 2 atom stereocenters. The second-order valence-corrected chi connectivity index (χ2v) is 5.93. The van der Waals surface area contributed by atoms with Crippen LogP contribution in [0.15, 0.2) is 18.2 Å². The fraction of sp³-hybridized carbons (Fsp3) is 0.533. The number of rotatable bonds is 4. The molecule has 19 heavy (non-hydrogen) atoms. The van der Waals surface area contributed by atoms with E-state index in [0.29, 0.717) is 29.5 Å². The van der Waals surface area contributed by atoms with Gasteiger partial charge in [-0.1, -0.05) is 22.4 Å². The molecule has 1 aliphatic carbocycles. The van der Waals surface area contributed by atoms with E-state index in [2.05, 4.69) is 21.2 Å². The third-order valence-corrected chi connectivity index (χ3v) is 4.79. The van der Waals surface area contributed by atoms with Gasteiger partial charge in [0.1, 0.15) is 5.82 Å². The molecule has 2 unspecified atom stereocenters. The van der Waals surface area contributed by atoms with Gasteiger partial charge in [0, 0.05) is 17.4 Å². The third kappa shape index (κ3) is 3.56. The maximum atomic E-state index is 13.2. The van der Waals surface area contributed by atoms with Crippen LogP contribution in [0.3, 0.4) is 0 Å². The van der Waals surface area contributed by atoms with Crippen LogP contribution in [0.1, 0.15) is 35.2 Å². The summed E-state index contributed by atoms with van der Waals surface area (Å²) in [6.07, 6.45) is 3.66. The SMILES string of the molecule is Cc1cc(C(=O)NCC2CCCC2CBr)ccc1F. The molecule has 0 heterocycles. The Bertz CT molecular complexity index is 463. The molecule has 0 spiro atoms. The number of hydrogen-bond donors (Lipinski definition) is 1. The molecule has 1 N–H and O–H groups in total. The number of carbonyl (C=O) groups excluding carboxylic acids is 1. The summed E-state index contributed by atoms with van der Waals surface area (Å²) in [6, 6.07) is 4.48. The summed E-state index contributed by atoms with van der Waals surface area (Å²) in [5.41, 5.74) is 1.04. The van der Waals surface area contributed by atoms with Crippen molar-refractivity contribution in [2.75, 3.05) is 11.9 Å². The van der Waals surface area contributed by atoms with Crippen LogP contribution in [0, 0.1) is 24.6 Å². The van der Waals surface area contributed by atoms with E-state index < -0.39 is 0 Å². The average Bonchev–Trinajstić information content (AvgIpc) is 2.86. The van der Waals surface area contributed by atoms with Crippen LogP contribution in [0.4, 0.5) is 4.39 Å². The first kappa shape index (κ1) is 14.5. The molecule has 0 saturated heterocycles. The summed E-state index contributed by atoms with van der Waals surface area (Å²) in [5.74, 6) is 0.843. The molecule has 2 rings (SSSR count). The highest BCUT2D eigenvalue weighted by Crippen LogP contribution is 2.32. The highest BCUT2D eigenvalue weighted by Gasteiger charge is 2.26. The van der Waals surface area contributed by atoms with Gasteiger partial charge in [0.05, 0.1) is 0 Å². The standard InChI is InChI=1S/C15H19BrFNO/c1-10-7-11(5-6-14(10)17)15(19)18-9-13-4-2-3-12(13)8-16/h5-7,12-13H,2-4,8-9H2,1H3,(H,18,19). The van der Waals surface area contributed by atoms with Crippen molar-refractivity contribution >= 4 is 21.8 Å². The molecule has 1 fully saturated rings. The summed E-state index contributed by atoms with van der Waals surface area (Å²) in [6.45, 7) is 2.38. The molecule has 1 aromatic carbocycles. The van der Waals surface area contributed by atoms with Gasteiger partial charge >= 0.3 is 0 Å². The third-order valence-electron chi connectivity index (χ3n) is 3.96. The molecule has 104 valence electrons. The molecule has 1 aromatic rings. The highest BCUT2D eigenvalue weighted by atomic mass is 79.9. The van der Waals surface area contributed by atoms with Crippen LogP contribution in [-0.2, 0) is 0 Å². The number of halogens is 2. The first-order chi connectivity index (χ1) is 9.11. The van der Waals surface area contributed by atoms with E-state index in [1.54, 1.807) is 13.0 Å². The minimum atomic E-state index is -0.272. The maximum absolute atomic E-state index is 13.2. The van der Waals surface area contributed by atoms with Gasteiger partial charge in [-0.25, -0.2) is 4.39 Å². The number of carbonyl (C=O) groups is 1. The zero-order valence-corrected chi connectivity index (χ0v) is 12.7. The van der Waals surface area contributed by atoms with Crippen molar-refractivity contribution in [3.05, 3.63) is 35.1 Å². The van der Waals surface area contributed by atoms with Crippen molar-refractivity contribution in [2.24, 2.45) is 11.8 Å². The summed E-state index contributed by atoms with van der Waals surface area (Å²) < 4.78 is 13.2. The topological polar surface area (TPSA) is 29.1 Å². The normalized spacial score (nSPS) is 22.5. The number of hydrogen-bond acceptors (Lipinski definition) is 1. The van der Waals surface area contributed by atoms with Crippen LogP contribution < -0.4 is 5.32 Å². The molecule has 0 aromatic heterocycles. The predicted molar refractivity (Wildman–Crippen MR) is 78.1 cm³/mol. The fourth-order valence-electron chi connectivity index (χ4n) is 2.70. The fourth-order valence-corrected chi connectivity index (χ4v) is 3.55. The summed E-state index contributed by atoms with van der Waals surface area (Å²) in [5, 5.41) is 3.97. The molecule has 0 radical (unpaired) electrons. The van der Waals surface area contributed by atoms with E-state index in [1.165, 1.54) is 31.4 Å².